The highest BCUT2D eigenvalue weighted by molar-refractivity contribution is 6.18. The molecular formula is C50H32N2O. The van der Waals surface area contributed by atoms with Crippen molar-refractivity contribution in [1.29, 1.82) is 0 Å². The summed E-state index contributed by atoms with van der Waals surface area (Å²) in [6.45, 7) is 0. The minimum absolute atomic E-state index is 0.872. The van der Waals surface area contributed by atoms with Gasteiger partial charge in [-0.3, -0.25) is 0 Å². The molecule has 0 radical (unpaired) electrons. The molecule has 0 bridgehead atoms. The lowest BCUT2D eigenvalue weighted by Crippen LogP contribution is -2.09. The first-order valence-corrected chi connectivity index (χ1v) is 18.1. The molecule has 248 valence electrons. The van der Waals surface area contributed by atoms with Crippen LogP contribution in [0.15, 0.2) is 199 Å². The van der Waals surface area contributed by atoms with Gasteiger partial charge in [0.15, 0.2) is 0 Å². The summed E-state index contributed by atoms with van der Waals surface area (Å²) in [7, 11) is 0. The van der Waals surface area contributed by atoms with Gasteiger partial charge in [-0.25, -0.2) is 0 Å². The summed E-state index contributed by atoms with van der Waals surface area (Å²) in [6, 6.07) is 69.8. The van der Waals surface area contributed by atoms with Crippen molar-refractivity contribution >= 4 is 82.4 Å². The van der Waals surface area contributed by atoms with E-state index in [2.05, 4.69) is 191 Å². The van der Waals surface area contributed by atoms with E-state index in [4.69, 9.17) is 4.42 Å². The van der Waals surface area contributed by atoms with E-state index >= 15 is 0 Å². The van der Waals surface area contributed by atoms with Crippen molar-refractivity contribution in [2.45, 2.75) is 0 Å². The molecule has 0 aliphatic carbocycles. The molecule has 2 heterocycles. The zero-order chi connectivity index (χ0) is 34.9. The topological polar surface area (TPSA) is 21.3 Å². The zero-order valence-corrected chi connectivity index (χ0v) is 28.8. The van der Waals surface area contributed by atoms with Gasteiger partial charge in [0, 0.05) is 55.7 Å². The normalized spacial score (nSPS) is 11.8. The molecule has 0 amide bonds. The number of hydrogen-bond donors (Lipinski definition) is 0. The van der Waals surface area contributed by atoms with Gasteiger partial charge < -0.3 is 13.9 Å². The molecule has 9 aromatic carbocycles. The van der Waals surface area contributed by atoms with Gasteiger partial charge in [-0.05, 0) is 87.9 Å². The second-order valence-corrected chi connectivity index (χ2v) is 13.8. The first kappa shape index (κ1) is 29.6. The van der Waals surface area contributed by atoms with Crippen LogP contribution in [0.25, 0.3) is 82.1 Å². The number of benzene rings is 9. The largest absolute Gasteiger partial charge is 0.456 e. The predicted molar refractivity (Wildman–Crippen MR) is 223 cm³/mol. The van der Waals surface area contributed by atoms with Crippen molar-refractivity contribution in [3.05, 3.63) is 194 Å². The monoisotopic (exact) mass is 676 g/mol. The summed E-state index contributed by atoms with van der Waals surface area (Å²) in [6.07, 6.45) is 0. The highest BCUT2D eigenvalue weighted by atomic mass is 16.3. The Morgan fingerprint density at radius 1 is 0.358 bits per heavy atom. The second kappa shape index (κ2) is 11.7. The lowest BCUT2D eigenvalue weighted by Gasteiger charge is -2.26. The molecule has 53 heavy (non-hydrogen) atoms. The summed E-state index contributed by atoms with van der Waals surface area (Å²) in [5.74, 6) is 0. The summed E-state index contributed by atoms with van der Waals surface area (Å²) in [5, 5.41) is 9.61. The third-order valence-corrected chi connectivity index (χ3v) is 10.7. The molecule has 0 aliphatic rings. The smallest absolute Gasteiger partial charge is 0.137 e. The Kier molecular flexibility index (Phi) is 6.55. The van der Waals surface area contributed by atoms with Gasteiger partial charge in [-0.2, -0.15) is 0 Å². The number of fused-ring (bicyclic) bond motifs is 9. The molecule has 0 fully saturated rings. The van der Waals surface area contributed by atoms with Crippen LogP contribution in [0.2, 0.25) is 0 Å². The van der Waals surface area contributed by atoms with Gasteiger partial charge in [-0.1, -0.05) is 127 Å². The lowest BCUT2D eigenvalue weighted by molar-refractivity contribution is 0.669. The molecule has 11 rings (SSSR count). The van der Waals surface area contributed by atoms with Gasteiger partial charge >= 0.3 is 0 Å². The van der Waals surface area contributed by atoms with E-state index in [1.165, 1.54) is 54.5 Å². The fourth-order valence-corrected chi connectivity index (χ4v) is 8.23. The molecule has 3 heteroatoms. The van der Waals surface area contributed by atoms with Crippen LogP contribution in [0.3, 0.4) is 0 Å². The second-order valence-electron chi connectivity index (χ2n) is 13.8. The van der Waals surface area contributed by atoms with Crippen LogP contribution in [0, 0.1) is 0 Å². The first-order valence-electron chi connectivity index (χ1n) is 18.1. The third-order valence-electron chi connectivity index (χ3n) is 10.7. The van der Waals surface area contributed by atoms with Gasteiger partial charge in [0.1, 0.15) is 11.2 Å². The van der Waals surface area contributed by atoms with E-state index in [-0.39, 0.29) is 0 Å². The number of furan rings is 1. The van der Waals surface area contributed by atoms with E-state index < -0.39 is 0 Å². The summed E-state index contributed by atoms with van der Waals surface area (Å²) >= 11 is 0. The minimum atomic E-state index is 0.872. The zero-order valence-electron chi connectivity index (χ0n) is 28.8. The molecule has 3 nitrogen and oxygen atoms in total. The molecule has 0 unspecified atom stereocenters. The fourth-order valence-electron chi connectivity index (χ4n) is 8.23. The molecule has 0 saturated carbocycles. The predicted octanol–water partition coefficient (Wildman–Crippen LogP) is 14.1. The van der Waals surface area contributed by atoms with Crippen molar-refractivity contribution in [2.24, 2.45) is 0 Å². The van der Waals surface area contributed by atoms with Crippen molar-refractivity contribution in [3.63, 3.8) is 0 Å². The minimum Gasteiger partial charge on any atom is -0.456 e. The maximum atomic E-state index is 6.39. The summed E-state index contributed by atoms with van der Waals surface area (Å²) < 4.78 is 8.83. The molecule has 2 aromatic heterocycles. The Hall–Kier alpha value is -7.10. The van der Waals surface area contributed by atoms with E-state index in [1.54, 1.807) is 0 Å². The Morgan fingerprint density at radius 2 is 0.981 bits per heavy atom. The number of para-hydroxylation sites is 2. The van der Waals surface area contributed by atoms with Gasteiger partial charge in [0.25, 0.3) is 0 Å². The Balaban J connectivity index is 1.10. The van der Waals surface area contributed by atoms with Gasteiger partial charge in [0.2, 0.25) is 0 Å². The highest BCUT2D eigenvalue weighted by Gasteiger charge is 2.18. The Labute approximate surface area is 306 Å². The van der Waals surface area contributed by atoms with Crippen LogP contribution in [-0.4, -0.2) is 4.57 Å². The van der Waals surface area contributed by atoms with Crippen LogP contribution in [0.1, 0.15) is 0 Å². The highest BCUT2D eigenvalue weighted by Crippen LogP contribution is 2.41. The van der Waals surface area contributed by atoms with Crippen molar-refractivity contribution in [1.82, 2.24) is 4.57 Å². The Bertz CT molecular complexity index is 3170. The number of aromatic nitrogens is 1. The van der Waals surface area contributed by atoms with Crippen LogP contribution in [0.4, 0.5) is 17.1 Å². The number of nitrogens with zero attached hydrogens (tertiary/aromatic N) is 2. The average Bonchev–Trinajstić information content (AvgIpc) is 3.77. The summed E-state index contributed by atoms with van der Waals surface area (Å²) in [5.41, 5.74) is 10.9. The molecule has 0 saturated heterocycles. The molecule has 0 N–H and O–H groups in total. The molecule has 0 spiro atoms. The number of hydrogen-bond acceptors (Lipinski definition) is 2. The molecule has 0 atom stereocenters. The SMILES string of the molecule is c1ccc(-c2ccc(N(c3ccc4ccc(-n5c6ccccc6c6ccc7ccccc7c65)cc4c3)c3ccc4c(c3)oc3ccccc34)cc2)cc1. The lowest BCUT2D eigenvalue weighted by atomic mass is 10.0. The quantitative estimate of drug-likeness (QED) is 0.181. The van der Waals surface area contributed by atoms with Gasteiger partial charge in [-0.15, -0.1) is 0 Å². The van der Waals surface area contributed by atoms with Crippen molar-refractivity contribution in [3.8, 4) is 16.8 Å². The first-order chi connectivity index (χ1) is 26.3. The van der Waals surface area contributed by atoms with Crippen LogP contribution in [0.5, 0.6) is 0 Å². The molecule has 0 aliphatic heterocycles. The maximum absolute atomic E-state index is 6.39. The fraction of sp³-hybridized carbons (Fsp3) is 0. The molecule has 11 aromatic rings. The van der Waals surface area contributed by atoms with E-state index in [0.29, 0.717) is 0 Å². The standard InChI is InChI=1S/C50H32N2O/c1-2-10-33(11-3-1)34-18-23-38(24-19-34)51(41-27-29-45-44-15-7-9-17-48(44)53-49(45)32-41)39-25-20-35-21-26-40(31-37(35)30-39)52-47-16-8-6-14-43(47)46-28-22-36-12-4-5-13-42(36)50(46)52/h1-32H. The third kappa shape index (κ3) is 4.75. The van der Waals surface area contributed by atoms with Crippen LogP contribution < -0.4 is 4.90 Å². The van der Waals surface area contributed by atoms with E-state index in [9.17, 15) is 0 Å². The van der Waals surface area contributed by atoms with Gasteiger partial charge in [0.05, 0.1) is 11.0 Å². The van der Waals surface area contributed by atoms with E-state index in [1.807, 2.05) is 12.1 Å². The number of anilines is 3. The van der Waals surface area contributed by atoms with Crippen LogP contribution >= 0.6 is 0 Å². The summed E-state index contributed by atoms with van der Waals surface area (Å²) in [4.78, 5) is 2.33. The van der Waals surface area contributed by atoms with E-state index in [0.717, 1.165) is 44.7 Å². The average molecular weight is 677 g/mol. The van der Waals surface area contributed by atoms with Crippen molar-refractivity contribution in [2.75, 3.05) is 4.90 Å². The van der Waals surface area contributed by atoms with Crippen molar-refractivity contribution < 1.29 is 4.42 Å². The van der Waals surface area contributed by atoms with Crippen LogP contribution in [-0.2, 0) is 0 Å². The number of rotatable bonds is 5. The Morgan fingerprint density at radius 3 is 1.87 bits per heavy atom. The molecular weight excluding hydrogens is 645 g/mol. The maximum Gasteiger partial charge on any atom is 0.137 e.